The van der Waals surface area contributed by atoms with Gasteiger partial charge in [0.1, 0.15) is 17.1 Å². The van der Waals surface area contributed by atoms with E-state index in [-0.39, 0.29) is 11.6 Å². The van der Waals surface area contributed by atoms with Gasteiger partial charge in [0.2, 0.25) is 0 Å². The van der Waals surface area contributed by atoms with E-state index in [0.29, 0.717) is 0 Å². The predicted octanol–water partition coefficient (Wildman–Crippen LogP) is 4.78. The smallest absolute Gasteiger partial charge is 0.133 e. The lowest BCUT2D eigenvalue weighted by molar-refractivity contribution is 0.118. The third-order valence-corrected chi connectivity index (χ3v) is 4.38. The zero-order valence-corrected chi connectivity index (χ0v) is 13.9. The van der Waals surface area contributed by atoms with Crippen molar-refractivity contribution in [3.8, 4) is 11.5 Å². The average Bonchev–Trinajstić information content (AvgIpc) is 2.70. The number of halogens is 1. The van der Waals surface area contributed by atoms with E-state index in [1.807, 2.05) is 36.4 Å². The third kappa shape index (κ3) is 2.60. The van der Waals surface area contributed by atoms with Gasteiger partial charge in [0.05, 0.1) is 17.6 Å². The van der Waals surface area contributed by atoms with Gasteiger partial charge in [-0.1, -0.05) is 18.2 Å². The summed E-state index contributed by atoms with van der Waals surface area (Å²) in [6.07, 6.45) is 0. The van der Waals surface area contributed by atoms with Gasteiger partial charge in [-0.25, -0.2) is 0 Å². The van der Waals surface area contributed by atoms with Gasteiger partial charge >= 0.3 is 0 Å². The molecule has 4 heteroatoms. The van der Waals surface area contributed by atoms with Crippen LogP contribution in [0.2, 0.25) is 0 Å². The molecule has 1 N–H and O–H groups in total. The number of hydrogen-bond donors (Lipinski definition) is 1. The molecule has 2 aromatic carbocycles. The minimum absolute atomic E-state index is 0.106. The van der Waals surface area contributed by atoms with Crippen molar-refractivity contribution in [3.05, 3.63) is 52.5 Å². The van der Waals surface area contributed by atoms with Crippen LogP contribution in [0.4, 0.5) is 5.69 Å². The second-order valence-corrected chi connectivity index (χ2v) is 6.52. The number of rotatable bonds is 3. The lowest BCUT2D eigenvalue weighted by atomic mass is 9.94. The Balaban J connectivity index is 1.92. The van der Waals surface area contributed by atoms with Gasteiger partial charge in [0, 0.05) is 11.3 Å². The van der Waals surface area contributed by atoms with Crippen LogP contribution in [0.15, 0.2) is 46.9 Å². The molecule has 1 aliphatic rings. The van der Waals surface area contributed by atoms with Crippen LogP contribution in [0, 0.1) is 0 Å². The van der Waals surface area contributed by atoms with E-state index in [1.54, 1.807) is 7.11 Å². The topological polar surface area (TPSA) is 30.5 Å². The van der Waals surface area contributed by atoms with Crippen LogP contribution in [0.3, 0.4) is 0 Å². The van der Waals surface area contributed by atoms with Gasteiger partial charge in [-0.15, -0.1) is 0 Å². The van der Waals surface area contributed by atoms with E-state index >= 15 is 0 Å². The average molecular weight is 348 g/mol. The second kappa shape index (κ2) is 5.26. The fourth-order valence-electron chi connectivity index (χ4n) is 2.70. The summed E-state index contributed by atoms with van der Waals surface area (Å²) in [5.74, 6) is 1.77. The summed E-state index contributed by atoms with van der Waals surface area (Å²) < 4.78 is 12.3. The molecular formula is C17H18BrNO2. The fraction of sp³-hybridized carbons (Fsp3) is 0.294. The maximum absolute atomic E-state index is 6.06. The Hall–Kier alpha value is -1.68. The highest BCUT2D eigenvalue weighted by Crippen LogP contribution is 2.44. The van der Waals surface area contributed by atoms with Crippen LogP contribution in [0.1, 0.15) is 25.5 Å². The largest absolute Gasteiger partial charge is 0.496 e. The Kier molecular flexibility index (Phi) is 3.57. The zero-order chi connectivity index (χ0) is 15.0. The lowest BCUT2D eigenvalue weighted by Crippen LogP contribution is -2.34. The van der Waals surface area contributed by atoms with Gasteiger partial charge in [0.25, 0.3) is 0 Å². The van der Waals surface area contributed by atoms with Gasteiger partial charge in [-0.3, -0.25) is 0 Å². The molecule has 0 spiro atoms. The molecule has 0 aromatic heterocycles. The summed E-state index contributed by atoms with van der Waals surface area (Å²) in [6, 6.07) is 14.3. The molecule has 1 heterocycles. The van der Waals surface area contributed by atoms with E-state index in [0.717, 1.165) is 21.7 Å². The molecule has 0 amide bonds. The summed E-state index contributed by atoms with van der Waals surface area (Å²) in [5, 5.41) is 3.57. The van der Waals surface area contributed by atoms with E-state index in [4.69, 9.17) is 9.47 Å². The summed E-state index contributed by atoms with van der Waals surface area (Å²) in [5.41, 5.74) is 1.92. The van der Waals surface area contributed by atoms with Gasteiger partial charge < -0.3 is 14.8 Å². The molecule has 3 nitrogen and oxygen atoms in total. The minimum Gasteiger partial charge on any atom is -0.496 e. The number of anilines is 1. The van der Waals surface area contributed by atoms with Crippen LogP contribution < -0.4 is 14.8 Å². The van der Waals surface area contributed by atoms with Crippen molar-refractivity contribution in [2.24, 2.45) is 0 Å². The minimum atomic E-state index is -0.296. The van der Waals surface area contributed by atoms with Crippen LogP contribution >= 0.6 is 15.9 Å². The highest BCUT2D eigenvalue weighted by Gasteiger charge is 2.40. The molecule has 3 rings (SSSR count). The Labute approximate surface area is 133 Å². The number of ether oxygens (including phenoxy) is 2. The normalized spacial score (nSPS) is 18.8. The predicted molar refractivity (Wildman–Crippen MR) is 88.2 cm³/mol. The Morgan fingerprint density at radius 2 is 1.95 bits per heavy atom. The molecule has 0 bridgehead atoms. The quantitative estimate of drug-likeness (QED) is 0.866. The van der Waals surface area contributed by atoms with Crippen LogP contribution in [0.5, 0.6) is 11.5 Å². The number of fused-ring (bicyclic) bond motifs is 1. The molecule has 110 valence electrons. The monoisotopic (exact) mass is 347 g/mol. The van der Waals surface area contributed by atoms with Crippen LogP contribution in [-0.2, 0) is 0 Å². The lowest BCUT2D eigenvalue weighted by Gasteiger charge is -2.28. The molecule has 0 aliphatic carbocycles. The summed E-state index contributed by atoms with van der Waals surface area (Å²) in [6.45, 7) is 4.20. The molecule has 1 atom stereocenters. The van der Waals surface area contributed by atoms with Crippen LogP contribution in [0.25, 0.3) is 0 Å². The first-order valence-corrected chi connectivity index (χ1v) is 7.68. The SMILES string of the molecule is COc1ccc(NC2c3ccccc3OC2(C)C)cc1Br. The number of para-hydroxylation sites is 1. The number of hydrogen-bond acceptors (Lipinski definition) is 3. The Morgan fingerprint density at radius 3 is 2.67 bits per heavy atom. The first-order valence-electron chi connectivity index (χ1n) is 6.89. The van der Waals surface area contributed by atoms with Crippen molar-refractivity contribution in [1.82, 2.24) is 0 Å². The highest BCUT2D eigenvalue weighted by molar-refractivity contribution is 9.10. The maximum atomic E-state index is 6.06. The fourth-order valence-corrected chi connectivity index (χ4v) is 3.24. The Bertz CT molecular complexity index is 670. The van der Waals surface area contributed by atoms with Crippen molar-refractivity contribution < 1.29 is 9.47 Å². The summed E-state index contributed by atoms with van der Waals surface area (Å²) in [7, 11) is 1.66. The number of methoxy groups -OCH3 is 1. The first-order chi connectivity index (χ1) is 10.0. The van der Waals surface area contributed by atoms with Crippen LogP contribution in [-0.4, -0.2) is 12.7 Å². The van der Waals surface area contributed by atoms with Gasteiger partial charge in [-0.05, 0) is 54.0 Å². The van der Waals surface area contributed by atoms with Crippen molar-refractivity contribution in [1.29, 1.82) is 0 Å². The molecule has 2 aromatic rings. The standard InChI is InChI=1S/C17H18BrNO2/c1-17(2)16(12-6-4-5-7-14(12)21-17)19-11-8-9-15(20-3)13(18)10-11/h4-10,16,19H,1-3H3. The van der Waals surface area contributed by atoms with E-state index in [2.05, 4.69) is 41.2 Å². The maximum Gasteiger partial charge on any atom is 0.133 e. The molecule has 0 saturated heterocycles. The highest BCUT2D eigenvalue weighted by atomic mass is 79.9. The van der Waals surface area contributed by atoms with E-state index in [9.17, 15) is 0 Å². The third-order valence-electron chi connectivity index (χ3n) is 3.76. The van der Waals surface area contributed by atoms with Crippen molar-refractivity contribution in [2.45, 2.75) is 25.5 Å². The number of nitrogens with one attached hydrogen (secondary N) is 1. The molecule has 0 radical (unpaired) electrons. The Morgan fingerprint density at radius 1 is 1.19 bits per heavy atom. The van der Waals surface area contributed by atoms with Gasteiger partial charge in [-0.2, -0.15) is 0 Å². The second-order valence-electron chi connectivity index (χ2n) is 5.67. The first kappa shape index (κ1) is 14.3. The van der Waals surface area contributed by atoms with Crippen molar-refractivity contribution in [3.63, 3.8) is 0 Å². The molecule has 0 fully saturated rings. The molecule has 0 saturated carbocycles. The van der Waals surface area contributed by atoms with Crippen molar-refractivity contribution in [2.75, 3.05) is 12.4 Å². The van der Waals surface area contributed by atoms with E-state index in [1.165, 1.54) is 5.56 Å². The summed E-state index contributed by atoms with van der Waals surface area (Å²) in [4.78, 5) is 0. The zero-order valence-electron chi connectivity index (χ0n) is 12.3. The summed E-state index contributed by atoms with van der Waals surface area (Å²) >= 11 is 3.52. The van der Waals surface area contributed by atoms with Gasteiger partial charge in [0.15, 0.2) is 0 Å². The molecule has 1 unspecified atom stereocenters. The number of benzene rings is 2. The molecular weight excluding hydrogens is 330 g/mol. The van der Waals surface area contributed by atoms with E-state index < -0.39 is 0 Å². The molecule has 21 heavy (non-hydrogen) atoms. The van der Waals surface area contributed by atoms with Crippen molar-refractivity contribution >= 4 is 21.6 Å². The molecule has 1 aliphatic heterocycles.